The van der Waals surface area contributed by atoms with Gasteiger partial charge in [-0.25, -0.2) is 4.98 Å². The van der Waals surface area contributed by atoms with Crippen LogP contribution in [0.25, 0.3) is 11.0 Å². The third-order valence-corrected chi connectivity index (χ3v) is 5.09. The Hall–Kier alpha value is -1.85. The zero-order valence-corrected chi connectivity index (χ0v) is 14.1. The maximum Gasteiger partial charge on any atom is 0.131 e. The summed E-state index contributed by atoms with van der Waals surface area (Å²) in [4.78, 5) is 10.5. The molecule has 1 saturated heterocycles. The number of rotatable bonds is 4. The lowest BCUT2D eigenvalue weighted by Gasteiger charge is -2.38. The number of hydrogen-bond donors (Lipinski definition) is 1. The van der Waals surface area contributed by atoms with Crippen LogP contribution in [0.4, 0.5) is 0 Å². The molecule has 3 heterocycles. The van der Waals surface area contributed by atoms with Crippen molar-refractivity contribution in [3.63, 3.8) is 0 Å². The summed E-state index contributed by atoms with van der Waals surface area (Å²) < 4.78 is 1.77. The SMILES string of the molecule is CCc1nn(C)c(Cl)c1CN1CC(c2nc3ccccc3[nH]2)C1. The van der Waals surface area contributed by atoms with Crippen molar-refractivity contribution in [1.82, 2.24) is 24.6 Å². The zero-order chi connectivity index (χ0) is 16.0. The van der Waals surface area contributed by atoms with Crippen LogP contribution in [0.15, 0.2) is 24.3 Å². The number of nitrogens with one attached hydrogen (secondary N) is 1. The Morgan fingerprint density at radius 2 is 2.09 bits per heavy atom. The molecule has 4 rings (SSSR count). The summed E-state index contributed by atoms with van der Waals surface area (Å²) in [6.45, 7) is 5.00. The van der Waals surface area contributed by atoms with E-state index in [1.807, 2.05) is 19.2 Å². The number of H-pyrrole nitrogens is 1. The molecule has 0 saturated carbocycles. The van der Waals surface area contributed by atoms with Crippen LogP contribution in [0, 0.1) is 0 Å². The number of nitrogens with zero attached hydrogens (tertiary/aromatic N) is 4. The molecule has 1 aliphatic heterocycles. The zero-order valence-electron chi connectivity index (χ0n) is 13.4. The number of fused-ring (bicyclic) bond motifs is 1. The van der Waals surface area contributed by atoms with Gasteiger partial charge in [0, 0.05) is 38.2 Å². The first-order chi connectivity index (χ1) is 11.2. The molecule has 0 atom stereocenters. The molecule has 1 aliphatic rings. The second-order valence-corrected chi connectivity index (χ2v) is 6.58. The van der Waals surface area contributed by atoms with Gasteiger partial charge in [0.15, 0.2) is 0 Å². The molecule has 0 bridgehead atoms. The smallest absolute Gasteiger partial charge is 0.131 e. The molecule has 120 valence electrons. The van der Waals surface area contributed by atoms with E-state index in [9.17, 15) is 0 Å². The normalized spacial score (nSPS) is 16.1. The van der Waals surface area contributed by atoms with E-state index in [0.29, 0.717) is 5.92 Å². The lowest BCUT2D eigenvalue weighted by molar-refractivity contribution is 0.135. The lowest BCUT2D eigenvalue weighted by atomic mass is 9.98. The molecule has 0 aliphatic carbocycles. The Balaban J connectivity index is 1.45. The van der Waals surface area contributed by atoms with Crippen molar-refractivity contribution in [2.45, 2.75) is 25.8 Å². The van der Waals surface area contributed by atoms with E-state index in [-0.39, 0.29) is 0 Å². The molecule has 3 aromatic rings. The summed E-state index contributed by atoms with van der Waals surface area (Å²) in [6.07, 6.45) is 0.913. The molecule has 1 fully saturated rings. The Bertz CT molecular complexity index is 811. The van der Waals surface area contributed by atoms with E-state index in [1.54, 1.807) is 4.68 Å². The van der Waals surface area contributed by atoms with Gasteiger partial charge in [0.05, 0.1) is 16.7 Å². The van der Waals surface area contributed by atoms with Gasteiger partial charge in [0.2, 0.25) is 0 Å². The number of aromatic nitrogens is 4. The van der Waals surface area contributed by atoms with Gasteiger partial charge in [0.1, 0.15) is 11.0 Å². The molecule has 5 nitrogen and oxygen atoms in total. The Morgan fingerprint density at radius 3 is 2.83 bits per heavy atom. The highest BCUT2D eigenvalue weighted by Crippen LogP contribution is 2.30. The van der Waals surface area contributed by atoms with Crippen molar-refractivity contribution in [2.24, 2.45) is 7.05 Å². The van der Waals surface area contributed by atoms with Crippen LogP contribution >= 0.6 is 11.6 Å². The fourth-order valence-corrected chi connectivity index (χ4v) is 3.51. The third kappa shape index (κ3) is 2.54. The number of likely N-dealkylation sites (tertiary alicyclic amines) is 1. The van der Waals surface area contributed by atoms with Gasteiger partial charge < -0.3 is 4.98 Å². The highest BCUT2D eigenvalue weighted by atomic mass is 35.5. The van der Waals surface area contributed by atoms with Crippen LogP contribution in [-0.2, 0) is 20.0 Å². The molecule has 0 spiro atoms. The number of benzene rings is 1. The number of hydrogen-bond acceptors (Lipinski definition) is 3. The maximum absolute atomic E-state index is 6.38. The number of aryl methyl sites for hydroxylation is 2. The van der Waals surface area contributed by atoms with Gasteiger partial charge in [-0.15, -0.1) is 0 Å². The third-order valence-electron chi connectivity index (χ3n) is 4.62. The summed E-state index contributed by atoms with van der Waals surface area (Å²) in [7, 11) is 1.90. The highest BCUT2D eigenvalue weighted by Gasteiger charge is 2.31. The summed E-state index contributed by atoms with van der Waals surface area (Å²) >= 11 is 6.38. The van der Waals surface area contributed by atoms with E-state index in [2.05, 4.69) is 34.0 Å². The molecule has 0 amide bonds. The minimum atomic E-state index is 0.475. The summed E-state index contributed by atoms with van der Waals surface area (Å²) in [5.74, 6) is 1.57. The van der Waals surface area contributed by atoms with Crippen LogP contribution in [0.2, 0.25) is 5.15 Å². The van der Waals surface area contributed by atoms with Crippen molar-refractivity contribution in [3.05, 3.63) is 46.5 Å². The molecule has 1 N–H and O–H groups in total. The monoisotopic (exact) mass is 329 g/mol. The van der Waals surface area contributed by atoms with E-state index < -0.39 is 0 Å². The standard InChI is InChI=1S/C17H20ClN5/c1-3-13-12(16(18)22(2)21-13)10-23-8-11(9-23)17-19-14-6-4-5-7-15(14)20-17/h4-7,11H,3,8-10H2,1-2H3,(H,19,20). The van der Waals surface area contributed by atoms with Gasteiger partial charge in [-0.1, -0.05) is 30.7 Å². The molecule has 1 aromatic carbocycles. The second kappa shape index (κ2) is 5.65. The summed E-state index contributed by atoms with van der Waals surface area (Å²) in [6, 6.07) is 8.19. The van der Waals surface area contributed by atoms with Crippen LogP contribution in [0.5, 0.6) is 0 Å². The van der Waals surface area contributed by atoms with E-state index in [0.717, 1.165) is 53.8 Å². The first-order valence-electron chi connectivity index (χ1n) is 8.03. The average molecular weight is 330 g/mol. The summed E-state index contributed by atoms with van der Waals surface area (Å²) in [5, 5.41) is 5.24. The first kappa shape index (κ1) is 14.7. The van der Waals surface area contributed by atoms with Crippen LogP contribution in [0.3, 0.4) is 0 Å². The van der Waals surface area contributed by atoms with Crippen LogP contribution in [-0.4, -0.2) is 37.7 Å². The molecule has 23 heavy (non-hydrogen) atoms. The summed E-state index contributed by atoms with van der Waals surface area (Å²) in [5.41, 5.74) is 4.43. The Kier molecular flexibility index (Phi) is 3.62. The fraction of sp³-hybridized carbons (Fsp3) is 0.412. The predicted octanol–water partition coefficient (Wildman–Crippen LogP) is 3.11. The van der Waals surface area contributed by atoms with Crippen LogP contribution < -0.4 is 0 Å². The fourth-order valence-electron chi connectivity index (χ4n) is 3.30. The van der Waals surface area contributed by atoms with Crippen molar-refractivity contribution >= 4 is 22.6 Å². The Labute approximate surface area is 140 Å². The minimum absolute atomic E-state index is 0.475. The van der Waals surface area contributed by atoms with Gasteiger partial charge >= 0.3 is 0 Å². The topological polar surface area (TPSA) is 49.7 Å². The first-order valence-corrected chi connectivity index (χ1v) is 8.40. The maximum atomic E-state index is 6.38. The number of aromatic amines is 1. The highest BCUT2D eigenvalue weighted by molar-refractivity contribution is 6.30. The number of imidazole rings is 1. The van der Waals surface area contributed by atoms with Crippen molar-refractivity contribution in [2.75, 3.05) is 13.1 Å². The second-order valence-electron chi connectivity index (χ2n) is 6.22. The Morgan fingerprint density at radius 1 is 1.30 bits per heavy atom. The average Bonchev–Trinajstić information content (AvgIpc) is 3.05. The van der Waals surface area contributed by atoms with Gasteiger partial charge in [-0.3, -0.25) is 9.58 Å². The van der Waals surface area contributed by atoms with E-state index in [4.69, 9.17) is 16.6 Å². The number of halogens is 1. The molecule has 0 radical (unpaired) electrons. The lowest BCUT2D eigenvalue weighted by Crippen LogP contribution is -2.44. The van der Waals surface area contributed by atoms with Gasteiger partial charge in [0.25, 0.3) is 0 Å². The van der Waals surface area contributed by atoms with Gasteiger partial charge in [-0.2, -0.15) is 5.10 Å². The van der Waals surface area contributed by atoms with Crippen molar-refractivity contribution in [3.8, 4) is 0 Å². The minimum Gasteiger partial charge on any atom is -0.342 e. The molecule has 6 heteroatoms. The largest absolute Gasteiger partial charge is 0.342 e. The van der Waals surface area contributed by atoms with Gasteiger partial charge in [-0.05, 0) is 18.6 Å². The molecular weight excluding hydrogens is 310 g/mol. The number of para-hydroxylation sites is 2. The van der Waals surface area contributed by atoms with Crippen LogP contribution in [0.1, 0.15) is 29.9 Å². The molecule has 0 unspecified atom stereocenters. The molecule has 2 aromatic heterocycles. The van der Waals surface area contributed by atoms with Crippen molar-refractivity contribution in [1.29, 1.82) is 0 Å². The molecular formula is C17H20ClN5. The van der Waals surface area contributed by atoms with E-state index >= 15 is 0 Å². The quantitative estimate of drug-likeness (QED) is 0.800. The predicted molar refractivity (Wildman–Crippen MR) is 91.7 cm³/mol. The van der Waals surface area contributed by atoms with Crippen molar-refractivity contribution < 1.29 is 0 Å². The van der Waals surface area contributed by atoms with E-state index in [1.165, 1.54) is 5.56 Å².